The SMILES string of the molecule is Cn1ncc(-c2ccc3cnc(CC(=O)C4CCN(C(=O)c5ccccc5)CC4)nc3c2)c1CN1CCCCC1. The van der Waals surface area contributed by atoms with E-state index in [0.717, 1.165) is 41.7 Å². The van der Waals surface area contributed by atoms with E-state index >= 15 is 0 Å². The fraction of sp³-hybridized carbons (Fsp3) is 0.406. The summed E-state index contributed by atoms with van der Waals surface area (Å²) < 4.78 is 1.98. The Morgan fingerprint density at radius 1 is 0.925 bits per heavy atom. The molecule has 1 amide bonds. The number of hydrogen-bond acceptors (Lipinski definition) is 6. The Balaban J connectivity index is 1.13. The molecule has 0 atom stereocenters. The highest BCUT2D eigenvalue weighted by Gasteiger charge is 2.28. The number of Topliss-reactive ketones (excluding diaryl/α,β-unsaturated/α-hetero) is 1. The molecule has 0 saturated carbocycles. The van der Waals surface area contributed by atoms with Gasteiger partial charge in [-0.25, -0.2) is 9.97 Å². The maximum absolute atomic E-state index is 13.2. The first-order chi connectivity index (χ1) is 19.5. The number of benzene rings is 2. The Bertz CT molecular complexity index is 1500. The zero-order valence-electron chi connectivity index (χ0n) is 23.1. The number of aryl methyl sites for hydroxylation is 1. The van der Waals surface area contributed by atoms with Crippen LogP contribution in [0.2, 0.25) is 0 Å². The molecule has 2 aromatic carbocycles. The number of carbonyl (C=O) groups excluding carboxylic acids is 2. The predicted molar refractivity (Wildman–Crippen MR) is 155 cm³/mol. The van der Waals surface area contributed by atoms with Crippen LogP contribution in [0.1, 0.15) is 54.0 Å². The van der Waals surface area contributed by atoms with Gasteiger partial charge >= 0.3 is 0 Å². The topological polar surface area (TPSA) is 84.2 Å². The molecule has 2 saturated heterocycles. The molecule has 2 aliphatic rings. The molecule has 0 aliphatic carbocycles. The third-order valence-electron chi connectivity index (χ3n) is 8.42. The minimum atomic E-state index is -0.0711. The molecule has 4 heterocycles. The number of fused-ring (bicyclic) bond motifs is 1. The van der Waals surface area contributed by atoms with E-state index in [1.807, 2.05) is 65.4 Å². The average molecular weight is 537 g/mol. The van der Waals surface area contributed by atoms with E-state index in [2.05, 4.69) is 27.1 Å². The number of likely N-dealkylation sites (tertiary alicyclic amines) is 2. The Kier molecular flexibility index (Phi) is 7.68. The van der Waals surface area contributed by atoms with Gasteiger partial charge in [-0.1, -0.05) is 36.8 Å². The van der Waals surface area contributed by atoms with Gasteiger partial charge in [-0.3, -0.25) is 19.2 Å². The maximum Gasteiger partial charge on any atom is 0.253 e. The second-order valence-electron chi connectivity index (χ2n) is 11.1. The fourth-order valence-corrected chi connectivity index (χ4v) is 6.00. The predicted octanol–water partition coefficient (Wildman–Crippen LogP) is 4.68. The van der Waals surface area contributed by atoms with Crippen LogP contribution in [-0.2, 0) is 24.8 Å². The maximum atomic E-state index is 13.2. The highest BCUT2D eigenvalue weighted by molar-refractivity contribution is 5.94. The molecule has 4 aromatic rings. The summed E-state index contributed by atoms with van der Waals surface area (Å²) in [6.45, 7) is 4.35. The van der Waals surface area contributed by atoms with Crippen LogP contribution >= 0.6 is 0 Å². The summed E-state index contributed by atoms with van der Waals surface area (Å²) in [6.07, 6.45) is 9.15. The third kappa shape index (κ3) is 5.68. The van der Waals surface area contributed by atoms with Crippen molar-refractivity contribution in [3.8, 4) is 11.1 Å². The normalized spacial score (nSPS) is 16.9. The summed E-state index contributed by atoms with van der Waals surface area (Å²) in [7, 11) is 2.01. The van der Waals surface area contributed by atoms with Gasteiger partial charge in [-0.2, -0.15) is 5.10 Å². The van der Waals surface area contributed by atoms with Crippen LogP contribution in [0.4, 0.5) is 0 Å². The number of carbonyl (C=O) groups is 2. The second-order valence-corrected chi connectivity index (χ2v) is 11.1. The first-order valence-corrected chi connectivity index (χ1v) is 14.4. The molecular formula is C32H36N6O2. The quantitative estimate of drug-likeness (QED) is 0.341. The lowest BCUT2D eigenvalue weighted by Gasteiger charge is -2.31. The van der Waals surface area contributed by atoms with Crippen molar-refractivity contribution < 1.29 is 9.59 Å². The molecule has 40 heavy (non-hydrogen) atoms. The lowest BCUT2D eigenvalue weighted by Crippen LogP contribution is -2.40. The summed E-state index contributed by atoms with van der Waals surface area (Å²) in [5.41, 5.74) is 4.96. The monoisotopic (exact) mass is 536 g/mol. The first kappa shape index (κ1) is 26.3. The van der Waals surface area contributed by atoms with Crippen molar-refractivity contribution in [3.63, 3.8) is 0 Å². The van der Waals surface area contributed by atoms with Gasteiger partial charge in [0.1, 0.15) is 11.6 Å². The lowest BCUT2D eigenvalue weighted by molar-refractivity contribution is -0.123. The number of nitrogens with zero attached hydrogens (tertiary/aromatic N) is 6. The molecule has 0 bridgehead atoms. The summed E-state index contributed by atoms with van der Waals surface area (Å²) >= 11 is 0. The average Bonchev–Trinajstić information content (AvgIpc) is 3.37. The van der Waals surface area contributed by atoms with Crippen molar-refractivity contribution in [2.45, 2.75) is 45.1 Å². The molecule has 0 unspecified atom stereocenters. The molecule has 0 radical (unpaired) electrons. The molecule has 2 aromatic heterocycles. The van der Waals surface area contributed by atoms with E-state index in [1.165, 1.54) is 25.0 Å². The number of hydrogen-bond donors (Lipinski definition) is 0. The summed E-state index contributed by atoms with van der Waals surface area (Å²) in [5.74, 6) is 0.668. The molecule has 8 nitrogen and oxygen atoms in total. The number of aromatic nitrogens is 4. The summed E-state index contributed by atoms with van der Waals surface area (Å²) in [4.78, 5) is 39.6. The van der Waals surface area contributed by atoms with Crippen molar-refractivity contribution in [1.82, 2.24) is 29.5 Å². The molecule has 2 fully saturated rings. The van der Waals surface area contributed by atoms with Crippen molar-refractivity contribution in [2.75, 3.05) is 26.2 Å². The minimum absolute atomic E-state index is 0.0351. The van der Waals surface area contributed by atoms with Gasteiger partial charge in [0.05, 0.1) is 23.8 Å². The van der Waals surface area contributed by atoms with Crippen LogP contribution in [0.15, 0.2) is 60.9 Å². The van der Waals surface area contributed by atoms with Gasteiger partial charge in [0.15, 0.2) is 0 Å². The van der Waals surface area contributed by atoms with E-state index in [-0.39, 0.29) is 24.0 Å². The molecular weight excluding hydrogens is 500 g/mol. The highest BCUT2D eigenvalue weighted by atomic mass is 16.2. The summed E-state index contributed by atoms with van der Waals surface area (Å²) in [5, 5.41) is 5.52. The van der Waals surface area contributed by atoms with E-state index in [0.29, 0.717) is 37.3 Å². The van der Waals surface area contributed by atoms with Crippen LogP contribution in [0.25, 0.3) is 22.0 Å². The Labute approximate surface area is 235 Å². The van der Waals surface area contributed by atoms with E-state index in [1.54, 1.807) is 0 Å². The number of ketones is 1. The number of amides is 1. The molecule has 0 spiro atoms. The van der Waals surface area contributed by atoms with Gasteiger partial charge < -0.3 is 4.90 Å². The first-order valence-electron chi connectivity index (χ1n) is 14.4. The lowest BCUT2D eigenvalue weighted by atomic mass is 9.90. The number of piperidine rings is 2. The van der Waals surface area contributed by atoms with Crippen molar-refractivity contribution in [2.24, 2.45) is 13.0 Å². The van der Waals surface area contributed by atoms with Crippen molar-refractivity contribution >= 4 is 22.6 Å². The smallest absolute Gasteiger partial charge is 0.253 e. The van der Waals surface area contributed by atoms with Crippen LogP contribution in [0.5, 0.6) is 0 Å². The van der Waals surface area contributed by atoms with Gasteiger partial charge in [-0.15, -0.1) is 0 Å². The van der Waals surface area contributed by atoms with Gasteiger partial charge in [0.25, 0.3) is 5.91 Å². The number of rotatable bonds is 7. The second kappa shape index (κ2) is 11.7. The third-order valence-corrected chi connectivity index (χ3v) is 8.42. The Morgan fingerprint density at radius 2 is 1.70 bits per heavy atom. The van der Waals surface area contributed by atoms with E-state index < -0.39 is 0 Å². The van der Waals surface area contributed by atoms with Gasteiger partial charge in [0.2, 0.25) is 0 Å². The summed E-state index contributed by atoms with van der Waals surface area (Å²) in [6, 6.07) is 15.6. The van der Waals surface area contributed by atoms with Crippen molar-refractivity contribution in [1.29, 1.82) is 0 Å². The van der Waals surface area contributed by atoms with Gasteiger partial charge in [-0.05, 0) is 62.5 Å². The largest absolute Gasteiger partial charge is 0.339 e. The molecule has 8 heteroatoms. The Hall–Kier alpha value is -3.91. The van der Waals surface area contributed by atoms with E-state index in [9.17, 15) is 9.59 Å². The fourth-order valence-electron chi connectivity index (χ4n) is 6.00. The Morgan fingerprint density at radius 3 is 2.48 bits per heavy atom. The van der Waals surface area contributed by atoms with Crippen LogP contribution in [0, 0.1) is 5.92 Å². The zero-order chi connectivity index (χ0) is 27.5. The van der Waals surface area contributed by atoms with E-state index in [4.69, 9.17) is 4.98 Å². The van der Waals surface area contributed by atoms with Crippen LogP contribution in [0.3, 0.4) is 0 Å². The van der Waals surface area contributed by atoms with Crippen molar-refractivity contribution in [3.05, 3.63) is 78.0 Å². The minimum Gasteiger partial charge on any atom is -0.339 e. The molecule has 6 rings (SSSR count). The highest BCUT2D eigenvalue weighted by Crippen LogP contribution is 2.28. The van der Waals surface area contributed by atoms with Crippen LogP contribution in [-0.4, -0.2) is 67.4 Å². The zero-order valence-corrected chi connectivity index (χ0v) is 23.1. The molecule has 0 N–H and O–H groups in total. The molecule has 206 valence electrons. The molecule has 2 aliphatic heterocycles. The van der Waals surface area contributed by atoms with Gasteiger partial charge in [0, 0.05) is 55.3 Å². The van der Waals surface area contributed by atoms with Crippen LogP contribution < -0.4 is 0 Å². The standard InChI is InChI=1S/C32H36N6O2/c1-36-29(22-37-14-6-3-7-15-37)27(21-34-36)25-10-11-26-20-33-31(35-28(26)18-25)19-30(39)23-12-16-38(17-13-23)32(40)24-8-4-2-5-9-24/h2,4-5,8-11,18,20-21,23H,3,6-7,12-17,19,22H2,1H3.